The normalized spacial score (nSPS) is 18.0. The second-order valence-electron chi connectivity index (χ2n) is 6.18. The van der Waals surface area contributed by atoms with Crippen molar-refractivity contribution >= 4 is 17.6 Å². The van der Waals surface area contributed by atoms with Crippen molar-refractivity contribution in [3.63, 3.8) is 0 Å². The number of carboxylic acids is 1. The van der Waals surface area contributed by atoms with Crippen LogP contribution in [0.5, 0.6) is 0 Å². The highest BCUT2D eigenvalue weighted by Crippen LogP contribution is 2.23. The molecule has 1 amide bonds. The van der Waals surface area contributed by atoms with Crippen LogP contribution in [-0.4, -0.2) is 44.7 Å². The van der Waals surface area contributed by atoms with E-state index in [4.69, 9.17) is 9.84 Å². The van der Waals surface area contributed by atoms with Gasteiger partial charge in [0.25, 0.3) is 0 Å². The molecule has 8 nitrogen and oxygen atoms in total. The van der Waals surface area contributed by atoms with E-state index >= 15 is 0 Å². The molecule has 2 aromatic rings. The van der Waals surface area contributed by atoms with Crippen LogP contribution in [0.25, 0.3) is 5.69 Å². The summed E-state index contributed by atoms with van der Waals surface area (Å²) in [7, 11) is 0. The Morgan fingerprint density at radius 2 is 2.32 bits per heavy atom. The summed E-state index contributed by atoms with van der Waals surface area (Å²) >= 11 is 0. The fraction of sp³-hybridized carbons (Fsp3) is 0.412. The molecule has 0 saturated carbocycles. The first-order valence-corrected chi connectivity index (χ1v) is 8.20. The van der Waals surface area contributed by atoms with Crippen LogP contribution in [0.1, 0.15) is 36.7 Å². The first-order valence-electron chi connectivity index (χ1n) is 8.20. The Balaban J connectivity index is 1.64. The van der Waals surface area contributed by atoms with Crippen LogP contribution >= 0.6 is 0 Å². The molecule has 25 heavy (non-hydrogen) atoms. The van der Waals surface area contributed by atoms with Crippen LogP contribution in [0.3, 0.4) is 0 Å². The highest BCUT2D eigenvalue weighted by atomic mass is 16.5. The Hall–Kier alpha value is -2.74. The topological polar surface area (TPSA) is 106 Å². The van der Waals surface area contributed by atoms with E-state index in [1.54, 1.807) is 24.3 Å². The third kappa shape index (κ3) is 4.21. The Kier molecular flexibility index (Phi) is 5.08. The average Bonchev–Trinajstić information content (AvgIpc) is 3.27. The summed E-state index contributed by atoms with van der Waals surface area (Å²) in [5.74, 6) is -1.05. The summed E-state index contributed by atoms with van der Waals surface area (Å²) in [5.41, 5.74) is 1.10. The first-order chi connectivity index (χ1) is 12.0. The van der Waals surface area contributed by atoms with Crippen LogP contribution in [0.2, 0.25) is 0 Å². The lowest BCUT2D eigenvalue weighted by Crippen LogP contribution is -2.23. The molecular formula is C17H20N4O4. The van der Waals surface area contributed by atoms with Gasteiger partial charge in [-0.05, 0) is 37.0 Å². The summed E-state index contributed by atoms with van der Waals surface area (Å²) in [6.07, 6.45) is 3.92. The van der Waals surface area contributed by atoms with E-state index in [1.807, 2.05) is 6.92 Å². The lowest BCUT2D eigenvalue weighted by molar-refractivity contribution is -0.117. The summed E-state index contributed by atoms with van der Waals surface area (Å²) in [6.45, 7) is 2.80. The minimum atomic E-state index is -1.14. The molecule has 3 rings (SSSR count). The fourth-order valence-corrected chi connectivity index (χ4v) is 2.90. The number of nitrogens with zero attached hydrogens (tertiary/aromatic N) is 3. The summed E-state index contributed by atoms with van der Waals surface area (Å²) in [5, 5.41) is 19.1. The molecule has 1 aliphatic heterocycles. The molecule has 2 atom stereocenters. The van der Waals surface area contributed by atoms with Gasteiger partial charge in [-0.15, -0.1) is 5.10 Å². The molecule has 0 radical (unpaired) electrons. The number of carbonyl (C=O) groups excluding carboxylic acids is 1. The molecule has 132 valence electrons. The molecule has 1 aliphatic rings. The van der Waals surface area contributed by atoms with Crippen molar-refractivity contribution in [2.45, 2.75) is 32.3 Å². The largest absolute Gasteiger partial charge is 0.476 e. The van der Waals surface area contributed by atoms with Crippen molar-refractivity contribution in [1.82, 2.24) is 15.0 Å². The standard InChI is InChI=1S/C17H20N4O4/c1-11(15-6-3-7-25-15)8-16(22)18-12-4-2-5-13(9-12)21-10-14(17(23)24)19-20-21/h2,4-5,9-11,15H,3,6-8H2,1H3,(H,18,22)(H,23,24). The molecule has 2 heterocycles. The SMILES string of the molecule is CC(CC(=O)Nc1cccc(-n2cc(C(=O)O)nn2)c1)C1CCCO1. The Morgan fingerprint density at radius 3 is 3.00 bits per heavy atom. The number of carboxylic acid groups (broad SMARTS) is 1. The number of carbonyl (C=O) groups is 2. The molecule has 2 unspecified atom stereocenters. The monoisotopic (exact) mass is 344 g/mol. The summed E-state index contributed by atoms with van der Waals surface area (Å²) in [4.78, 5) is 23.1. The second-order valence-corrected chi connectivity index (χ2v) is 6.18. The Labute approximate surface area is 144 Å². The van der Waals surface area contributed by atoms with Crippen LogP contribution in [0.15, 0.2) is 30.5 Å². The summed E-state index contributed by atoms with van der Waals surface area (Å²) in [6, 6.07) is 7.00. The van der Waals surface area contributed by atoms with Gasteiger partial charge in [-0.3, -0.25) is 4.79 Å². The van der Waals surface area contributed by atoms with Crippen molar-refractivity contribution in [3.8, 4) is 5.69 Å². The smallest absolute Gasteiger partial charge is 0.358 e. The van der Waals surface area contributed by atoms with Gasteiger partial charge in [0, 0.05) is 18.7 Å². The highest BCUT2D eigenvalue weighted by molar-refractivity contribution is 5.91. The predicted octanol–water partition coefficient (Wildman–Crippen LogP) is 2.11. The number of anilines is 1. The molecule has 2 N–H and O–H groups in total. The quantitative estimate of drug-likeness (QED) is 0.831. The average molecular weight is 344 g/mol. The highest BCUT2D eigenvalue weighted by Gasteiger charge is 2.24. The molecule has 1 fully saturated rings. The zero-order chi connectivity index (χ0) is 17.8. The van der Waals surface area contributed by atoms with Gasteiger partial charge in [0.05, 0.1) is 18.0 Å². The van der Waals surface area contributed by atoms with E-state index in [-0.39, 0.29) is 23.6 Å². The third-order valence-electron chi connectivity index (χ3n) is 4.21. The van der Waals surface area contributed by atoms with Crippen LogP contribution in [0.4, 0.5) is 5.69 Å². The van der Waals surface area contributed by atoms with Crippen molar-refractivity contribution in [2.75, 3.05) is 11.9 Å². The van der Waals surface area contributed by atoms with Gasteiger partial charge >= 0.3 is 5.97 Å². The van der Waals surface area contributed by atoms with Crippen LogP contribution < -0.4 is 5.32 Å². The second kappa shape index (κ2) is 7.43. The number of rotatable bonds is 6. The van der Waals surface area contributed by atoms with E-state index < -0.39 is 5.97 Å². The maximum Gasteiger partial charge on any atom is 0.358 e. The number of aromatic carboxylic acids is 1. The van der Waals surface area contributed by atoms with Gasteiger partial charge in [-0.25, -0.2) is 9.48 Å². The third-order valence-corrected chi connectivity index (χ3v) is 4.21. The van der Waals surface area contributed by atoms with E-state index in [0.29, 0.717) is 17.8 Å². The minimum absolute atomic E-state index is 0.0787. The number of hydrogen-bond acceptors (Lipinski definition) is 5. The van der Waals surface area contributed by atoms with Crippen molar-refractivity contribution < 1.29 is 19.4 Å². The maximum absolute atomic E-state index is 12.2. The fourth-order valence-electron chi connectivity index (χ4n) is 2.90. The lowest BCUT2D eigenvalue weighted by Gasteiger charge is -2.18. The molecule has 0 spiro atoms. The molecule has 1 aromatic carbocycles. The number of aromatic nitrogens is 3. The zero-order valence-electron chi connectivity index (χ0n) is 13.9. The van der Waals surface area contributed by atoms with Gasteiger partial charge in [-0.2, -0.15) is 0 Å². The van der Waals surface area contributed by atoms with Gasteiger partial charge < -0.3 is 15.2 Å². The van der Waals surface area contributed by atoms with Crippen molar-refractivity contribution in [3.05, 3.63) is 36.2 Å². The number of amides is 1. The molecule has 1 saturated heterocycles. The summed E-state index contributed by atoms with van der Waals surface area (Å²) < 4.78 is 6.97. The van der Waals surface area contributed by atoms with Crippen LogP contribution in [-0.2, 0) is 9.53 Å². The number of nitrogens with one attached hydrogen (secondary N) is 1. The van der Waals surface area contributed by atoms with E-state index in [9.17, 15) is 9.59 Å². The number of ether oxygens (including phenoxy) is 1. The van der Waals surface area contributed by atoms with Crippen molar-refractivity contribution in [2.24, 2.45) is 5.92 Å². The molecule has 8 heteroatoms. The number of hydrogen-bond donors (Lipinski definition) is 2. The Morgan fingerprint density at radius 1 is 1.48 bits per heavy atom. The molecular weight excluding hydrogens is 324 g/mol. The zero-order valence-corrected chi connectivity index (χ0v) is 13.9. The maximum atomic E-state index is 12.2. The van der Waals surface area contributed by atoms with Gasteiger partial charge in [0.1, 0.15) is 0 Å². The van der Waals surface area contributed by atoms with Crippen LogP contribution in [0, 0.1) is 5.92 Å². The molecule has 0 bridgehead atoms. The number of benzene rings is 1. The van der Waals surface area contributed by atoms with Gasteiger partial charge in [0.2, 0.25) is 5.91 Å². The first kappa shape index (κ1) is 17.1. The van der Waals surface area contributed by atoms with E-state index in [0.717, 1.165) is 19.4 Å². The lowest BCUT2D eigenvalue weighted by atomic mass is 9.98. The van der Waals surface area contributed by atoms with Gasteiger partial charge in [-0.1, -0.05) is 18.2 Å². The van der Waals surface area contributed by atoms with Gasteiger partial charge in [0.15, 0.2) is 5.69 Å². The molecule has 0 aliphatic carbocycles. The van der Waals surface area contributed by atoms with E-state index in [1.165, 1.54) is 10.9 Å². The van der Waals surface area contributed by atoms with Crippen molar-refractivity contribution in [1.29, 1.82) is 0 Å². The Bertz CT molecular complexity index is 768. The predicted molar refractivity (Wildman–Crippen MR) is 89.7 cm³/mol. The molecule has 1 aromatic heterocycles. The van der Waals surface area contributed by atoms with E-state index in [2.05, 4.69) is 15.6 Å². The minimum Gasteiger partial charge on any atom is -0.476 e.